The molecule has 1 saturated heterocycles. The van der Waals surface area contributed by atoms with Gasteiger partial charge in [0.2, 0.25) is 0 Å². The highest BCUT2D eigenvalue weighted by Gasteiger charge is 2.22. The molecule has 4 N–H and O–H groups in total. The zero-order valence-corrected chi connectivity index (χ0v) is 14.8. The van der Waals surface area contributed by atoms with Crippen LogP contribution in [0.2, 0.25) is 0 Å². The van der Waals surface area contributed by atoms with E-state index in [1.165, 1.54) is 17.0 Å². The maximum absolute atomic E-state index is 13.9. The molecule has 2 aromatic rings. The number of rotatable bonds is 5. The summed E-state index contributed by atoms with van der Waals surface area (Å²) in [5.74, 6) is -1.74. The lowest BCUT2D eigenvalue weighted by Crippen LogP contribution is -2.48. The largest absolute Gasteiger partial charge is 0.465 e. The lowest BCUT2D eigenvalue weighted by Gasteiger charge is -2.36. The minimum absolute atomic E-state index is 0.132. The third kappa shape index (κ3) is 4.11. The number of carboxylic acid groups (broad SMARTS) is 1. The molecular weight excluding hydrogens is 354 g/mol. The SMILES string of the molecule is NCc1c(NCc2cccc(F)c2F)cccc1N1CCN(C(=O)O)CC1. The molecule has 0 aromatic heterocycles. The molecule has 27 heavy (non-hydrogen) atoms. The summed E-state index contributed by atoms with van der Waals surface area (Å²) in [4.78, 5) is 14.5. The highest BCUT2D eigenvalue weighted by Crippen LogP contribution is 2.29. The Bertz CT molecular complexity index is 823. The number of hydrogen-bond acceptors (Lipinski definition) is 4. The number of anilines is 2. The van der Waals surface area contributed by atoms with Crippen LogP contribution in [0.15, 0.2) is 36.4 Å². The lowest BCUT2D eigenvalue weighted by molar-refractivity contribution is 0.142. The summed E-state index contributed by atoms with van der Waals surface area (Å²) < 4.78 is 27.2. The Hall–Kier alpha value is -2.87. The van der Waals surface area contributed by atoms with Gasteiger partial charge in [-0.25, -0.2) is 13.6 Å². The van der Waals surface area contributed by atoms with Crippen molar-refractivity contribution in [2.24, 2.45) is 5.73 Å². The van der Waals surface area contributed by atoms with Crippen molar-refractivity contribution in [3.05, 3.63) is 59.2 Å². The summed E-state index contributed by atoms with van der Waals surface area (Å²) in [6.45, 7) is 2.38. The van der Waals surface area contributed by atoms with E-state index in [0.717, 1.165) is 23.0 Å². The second-order valence-corrected chi connectivity index (χ2v) is 6.33. The van der Waals surface area contributed by atoms with Crippen LogP contribution in [0.5, 0.6) is 0 Å². The summed E-state index contributed by atoms with van der Waals surface area (Å²) in [7, 11) is 0. The third-order valence-electron chi connectivity index (χ3n) is 4.75. The van der Waals surface area contributed by atoms with Crippen molar-refractivity contribution in [1.29, 1.82) is 0 Å². The van der Waals surface area contributed by atoms with Crippen LogP contribution in [0.3, 0.4) is 0 Å². The standard InChI is InChI=1S/C19H22F2N4O2/c20-15-4-1-3-13(18(15)21)12-23-16-5-2-6-17(14(16)11-22)24-7-9-25(10-8-24)19(26)27/h1-6,23H,7-12,22H2,(H,26,27). The summed E-state index contributed by atoms with van der Waals surface area (Å²) >= 11 is 0. The summed E-state index contributed by atoms with van der Waals surface area (Å²) in [6.07, 6.45) is -0.916. The highest BCUT2D eigenvalue weighted by molar-refractivity contribution is 5.68. The first-order valence-electron chi connectivity index (χ1n) is 8.72. The monoisotopic (exact) mass is 376 g/mol. The average molecular weight is 376 g/mol. The third-order valence-corrected chi connectivity index (χ3v) is 4.75. The van der Waals surface area contributed by atoms with Gasteiger partial charge in [-0.2, -0.15) is 0 Å². The van der Waals surface area contributed by atoms with Crippen LogP contribution in [0.25, 0.3) is 0 Å². The van der Waals surface area contributed by atoms with E-state index >= 15 is 0 Å². The second-order valence-electron chi connectivity index (χ2n) is 6.33. The van der Waals surface area contributed by atoms with E-state index in [9.17, 15) is 13.6 Å². The van der Waals surface area contributed by atoms with Crippen LogP contribution in [0.1, 0.15) is 11.1 Å². The molecule has 1 aliphatic rings. The van der Waals surface area contributed by atoms with Crippen molar-refractivity contribution in [2.75, 3.05) is 36.4 Å². The van der Waals surface area contributed by atoms with Gasteiger partial charge >= 0.3 is 6.09 Å². The smallest absolute Gasteiger partial charge is 0.407 e. The Morgan fingerprint density at radius 3 is 2.48 bits per heavy atom. The van der Waals surface area contributed by atoms with Gasteiger partial charge in [-0.15, -0.1) is 0 Å². The molecule has 0 aliphatic carbocycles. The number of nitrogens with one attached hydrogen (secondary N) is 1. The van der Waals surface area contributed by atoms with Crippen molar-refractivity contribution in [1.82, 2.24) is 4.90 Å². The van der Waals surface area contributed by atoms with Crippen LogP contribution in [-0.2, 0) is 13.1 Å². The number of amides is 1. The molecule has 144 valence electrons. The van der Waals surface area contributed by atoms with Crippen LogP contribution in [0.4, 0.5) is 25.0 Å². The highest BCUT2D eigenvalue weighted by atomic mass is 19.2. The van der Waals surface area contributed by atoms with Gasteiger partial charge in [0.15, 0.2) is 11.6 Å². The molecule has 0 spiro atoms. The molecule has 1 aliphatic heterocycles. The molecule has 8 heteroatoms. The van der Waals surface area contributed by atoms with Gasteiger partial charge in [-0.3, -0.25) is 0 Å². The van der Waals surface area contributed by atoms with Crippen LogP contribution in [0, 0.1) is 11.6 Å². The summed E-state index contributed by atoms with van der Waals surface area (Å²) in [5, 5.41) is 12.2. The van der Waals surface area contributed by atoms with E-state index in [-0.39, 0.29) is 18.7 Å². The van der Waals surface area contributed by atoms with E-state index < -0.39 is 17.7 Å². The number of piperazine rings is 1. The number of halogens is 2. The quantitative estimate of drug-likeness (QED) is 0.748. The Kier molecular flexibility index (Phi) is 5.75. The fourth-order valence-corrected chi connectivity index (χ4v) is 3.27. The van der Waals surface area contributed by atoms with E-state index in [4.69, 9.17) is 10.8 Å². The Morgan fingerprint density at radius 1 is 1.11 bits per heavy atom. The zero-order chi connectivity index (χ0) is 19.4. The number of nitrogens with zero attached hydrogens (tertiary/aromatic N) is 2. The number of benzene rings is 2. The molecular formula is C19H22F2N4O2. The van der Waals surface area contributed by atoms with Gasteiger partial charge in [0.1, 0.15) is 0 Å². The maximum Gasteiger partial charge on any atom is 0.407 e. The number of hydrogen-bond donors (Lipinski definition) is 3. The molecule has 0 atom stereocenters. The van der Waals surface area contributed by atoms with Gasteiger partial charge < -0.3 is 26.0 Å². The molecule has 3 rings (SSSR count). The average Bonchev–Trinajstić information content (AvgIpc) is 2.68. The maximum atomic E-state index is 13.9. The first kappa shape index (κ1) is 18.9. The Morgan fingerprint density at radius 2 is 1.81 bits per heavy atom. The minimum atomic E-state index is -0.916. The topological polar surface area (TPSA) is 81.8 Å². The molecule has 0 bridgehead atoms. The van der Waals surface area contributed by atoms with Crippen LogP contribution < -0.4 is 16.0 Å². The molecule has 1 fully saturated rings. The summed E-state index contributed by atoms with van der Waals surface area (Å²) in [6, 6.07) is 9.73. The van der Waals surface area contributed by atoms with E-state index in [1.807, 2.05) is 18.2 Å². The number of nitrogens with two attached hydrogens (primary N) is 1. The summed E-state index contributed by atoms with van der Waals surface area (Å²) in [5.41, 5.74) is 8.72. The zero-order valence-electron chi connectivity index (χ0n) is 14.8. The second kappa shape index (κ2) is 8.22. The van der Waals surface area contributed by atoms with Gasteiger partial charge in [-0.05, 0) is 18.2 Å². The van der Waals surface area contributed by atoms with Crippen molar-refractivity contribution in [3.8, 4) is 0 Å². The van der Waals surface area contributed by atoms with Crippen molar-refractivity contribution >= 4 is 17.5 Å². The minimum Gasteiger partial charge on any atom is -0.465 e. The predicted octanol–water partition coefficient (Wildman–Crippen LogP) is 2.84. The molecule has 6 nitrogen and oxygen atoms in total. The molecule has 1 heterocycles. The molecule has 1 amide bonds. The van der Waals surface area contributed by atoms with Crippen molar-refractivity contribution < 1.29 is 18.7 Å². The number of carbonyl (C=O) groups is 1. The van der Waals surface area contributed by atoms with Gasteiger partial charge in [-0.1, -0.05) is 18.2 Å². The van der Waals surface area contributed by atoms with E-state index in [1.54, 1.807) is 0 Å². The van der Waals surface area contributed by atoms with Gasteiger partial charge in [0.05, 0.1) is 0 Å². The molecule has 0 saturated carbocycles. The van der Waals surface area contributed by atoms with Crippen LogP contribution >= 0.6 is 0 Å². The van der Waals surface area contributed by atoms with E-state index in [0.29, 0.717) is 26.2 Å². The van der Waals surface area contributed by atoms with Gasteiger partial charge in [0, 0.05) is 61.8 Å². The predicted molar refractivity (Wildman–Crippen MR) is 99.8 cm³/mol. The molecule has 2 aromatic carbocycles. The Labute approximate surface area is 156 Å². The van der Waals surface area contributed by atoms with Crippen molar-refractivity contribution in [2.45, 2.75) is 13.1 Å². The molecule has 0 unspecified atom stereocenters. The van der Waals surface area contributed by atoms with Crippen LogP contribution in [-0.4, -0.2) is 42.3 Å². The first-order valence-corrected chi connectivity index (χ1v) is 8.72. The van der Waals surface area contributed by atoms with Crippen molar-refractivity contribution in [3.63, 3.8) is 0 Å². The van der Waals surface area contributed by atoms with E-state index in [2.05, 4.69) is 10.2 Å². The van der Waals surface area contributed by atoms with Gasteiger partial charge in [0.25, 0.3) is 0 Å². The normalized spacial score (nSPS) is 14.3. The Balaban J connectivity index is 1.76. The first-order chi connectivity index (χ1) is 13.0. The fraction of sp³-hybridized carbons (Fsp3) is 0.316. The lowest BCUT2D eigenvalue weighted by atomic mass is 10.1. The molecule has 0 radical (unpaired) electrons. The fourth-order valence-electron chi connectivity index (χ4n) is 3.27.